The topological polar surface area (TPSA) is 107 Å². The Kier molecular flexibility index (Phi) is 5.40. The normalized spacial score (nSPS) is 32.2. The standard InChI is InChI=1S/C20H29N3O5/c24-17(10-23-19(27)15-3-1-2-4-16(15)20(23)28)21-13-7-14(8-13)22(11-18(25)26)9-12-5-6-12/h12-16H,1-11H2,(H,21,24)(H,25,26). The minimum atomic E-state index is -0.819. The third kappa shape index (κ3) is 4.06. The van der Waals surface area contributed by atoms with E-state index in [4.69, 9.17) is 5.11 Å². The van der Waals surface area contributed by atoms with Crippen LogP contribution in [0.2, 0.25) is 0 Å². The molecule has 3 amide bonds. The molecule has 0 radical (unpaired) electrons. The third-order valence-corrected chi connectivity index (χ3v) is 6.76. The Morgan fingerprint density at radius 1 is 1.04 bits per heavy atom. The van der Waals surface area contributed by atoms with E-state index in [1.165, 1.54) is 12.8 Å². The fourth-order valence-corrected chi connectivity index (χ4v) is 4.96. The molecule has 0 bridgehead atoms. The number of likely N-dealkylation sites (tertiary alicyclic amines) is 1. The second-order valence-corrected chi connectivity index (χ2v) is 8.92. The summed E-state index contributed by atoms with van der Waals surface area (Å²) >= 11 is 0. The lowest BCUT2D eigenvalue weighted by Gasteiger charge is -2.42. The summed E-state index contributed by atoms with van der Waals surface area (Å²) in [4.78, 5) is 51.6. The van der Waals surface area contributed by atoms with Crippen LogP contribution in [0.4, 0.5) is 0 Å². The van der Waals surface area contributed by atoms with Gasteiger partial charge >= 0.3 is 5.97 Å². The van der Waals surface area contributed by atoms with Crippen LogP contribution in [0.25, 0.3) is 0 Å². The van der Waals surface area contributed by atoms with Crippen molar-refractivity contribution in [2.24, 2.45) is 17.8 Å². The number of amides is 3. The first-order valence-corrected chi connectivity index (χ1v) is 10.5. The second kappa shape index (κ2) is 7.81. The molecule has 0 spiro atoms. The summed E-state index contributed by atoms with van der Waals surface area (Å²) in [6.45, 7) is 0.672. The number of imide groups is 1. The molecule has 0 aromatic rings. The van der Waals surface area contributed by atoms with Crippen LogP contribution in [-0.4, -0.2) is 70.3 Å². The summed E-state index contributed by atoms with van der Waals surface area (Å²) in [6.07, 6.45) is 7.22. The predicted molar refractivity (Wildman–Crippen MR) is 99.1 cm³/mol. The fourth-order valence-electron chi connectivity index (χ4n) is 4.96. The quantitative estimate of drug-likeness (QED) is 0.587. The van der Waals surface area contributed by atoms with E-state index >= 15 is 0 Å². The number of carboxylic acid groups (broad SMARTS) is 1. The van der Waals surface area contributed by atoms with Gasteiger partial charge in [0, 0.05) is 18.6 Å². The highest BCUT2D eigenvalue weighted by atomic mass is 16.4. The summed E-state index contributed by atoms with van der Waals surface area (Å²) < 4.78 is 0. The molecule has 3 aliphatic carbocycles. The smallest absolute Gasteiger partial charge is 0.317 e. The van der Waals surface area contributed by atoms with Crippen molar-refractivity contribution in [2.75, 3.05) is 19.6 Å². The molecule has 0 aromatic heterocycles. The predicted octanol–water partition coefficient (Wildman–Crippen LogP) is 0.605. The van der Waals surface area contributed by atoms with Crippen LogP contribution < -0.4 is 5.32 Å². The van der Waals surface area contributed by atoms with Gasteiger partial charge in [0.25, 0.3) is 0 Å². The molecule has 4 rings (SSSR count). The average molecular weight is 391 g/mol. The molecule has 154 valence electrons. The molecular formula is C20H29N3O5. The van der Waals surface area contributed by atoms with Crippen molar-refractivity contribution in [2.45, 2.75) is 63.5 Å². The molecule has 2 unspecified atom stereocenters. The Hall–Kier alpha value is -1.96. The Bertz CT molecular complexity index is 647. The zero-order valence-corrected chi connectivity index (χ0v) is 16.1. The Morgan fingerprint density at radius 2 is 1.64 bits per heavy atom. The van der Waals surface area contributed by atoms with Crippen molar-refractivity contribution in [1.82, 2.24) is 15.1 Å². The highest BCUT2D eigenvalue weighted by molar-refractivity contribution is 6.07. The molecule has 28 heavy (non-hydrogen) atoms. The number of rotatable bonds is 8. The lowest BCUT2D eigenvalue weighted by Crippen LogP contribution is -2.56. The van der Waals surface area contributed by atoms with E-state index in [9.17, 15) is 19.2 Å². The fraction of sp³-hybridized carbons (Fsp3) is 0.800. The van der Waals surface area contributed by atoms with E-state index in [0.29, 0.717) is 5.92 Å². The van der Waals surface area contributed by atoms with Crippen LogP contribution >= 0.6 is 0 Å². The van der Waals surface area contributed by atoms with Gasteiger partial charge in [-0.3, -0.25) is 29.0 Å². The molecule has 8 heteroatoms. The Morgan fingerprint density at radius 3 is 2.18 bits per heavy atom. The van der Waals surface area contributed by atoms with Gasteiger partial charge in [-0.1, -0.05) is 12.8 Å². The molecule has 1 heterocycles. The summed E-state index contributed by atoms with van der Waals surface area (Å²) in [7, 11) is 0. The number of nitrogens with one attached hydrogen (secondary N) is 1. The molecule has 1 aliphatic heterocycles. The van der Waals surface area contributed by atoms with E-state index < -0.39 is 5.97 Å². The highest BCUT2D eigenvalue weighted by Crippen LogP contribution is 2.38. The number of aliphatic carboxylic acids is 1. The van der Waals surface area contributed by atoms with Crippen molar-refractivity contribution in [3.8, 4) is 0 Å². The number of carboxylic acids is 1. The lowest BCUT2D eigenvalue weighted by atomic mass is 9.81. The third-order valence-electron chi connectivity index (χ3n) is 6.76. The first kappa shape index (κ1) is 19.4. The molecule has 3 saturated carbocycles. The first-order valence-electron chi connectivity index (χ1n) is 10.5. The molecule has 0 aromatic carbocycles. The van der Waals surface area contributed by atoms with Gasteiger partial charge in [0.2, 0.25) is 17.7 Å². The number of carbonyl (C=O) groups excluding carboxylic acids is 3. The number of hydrogen-bond donors (Lipinski definition) is 2. The van der Waals surface area contributed by atoms with Crippen molar-refractivity contribution in [1.29, 1.82) is 0 Å². The molecule has 2 N–H and O–H groups in total. The van der Waals surface area contributed by atoms with Gasteiger partial charge in [0.05, 0.1) is 18.4 Å². The molecule has 2 atom stereocenters. The zero-order chi connectivity index (χ0) is 19.8. The van der Waals surface area contributed by atoms with Gasteiger partial charge in [0.1, 0.15) is 6.54 Å². The number of hydrogen-bond acceptors (Lipinski definition) is 5. The maximum atomic E-state index is 12.5. The lowest BCUT2D eigenvalue weighted by molar-refractivity contribution is -0.144. The zero-order valence-electron chi connectivity index (χ0n) is 16.1. The van der Waals surface area contributed by atoms with Gasteiger partial charge in [-0.15, -0.1) is 0 Å². The van der Waals surface area contributed by atoms with E-state index in [1.54, 1.807) is 0 Å². The first-order chi connectivity index (χ1) is 13.4. The van der Waals surface area contributed by atoms with Crippen LogP contribution in [0.3, 0.4) is 0 Å². The highest BCUT2D eigenvalue weighted by Gasteiger charge is 2.48. The molecular weight excluding hydrogens is 362 g/mol. The summed E-state index contributed by atoms with van der Waals surface area (Å²) in [5.41, 5.74) is 0. The second-order valence-electron chi connectivity index (χ2n) is 8.92. The Labute approximate surface area is 164 Å². The number of fused-ring (bicyclic) bond motifs is 1. The monoisotopic (exact) mass is 391 g/mol. The number of nitrogens with zero attached hydrogens (tertiary/aromatic N) is 2. The molecule has 4 aliphatic rings. The molecule has 1 saturated heterocycles. The largest absolute Gasteiger partial charge is 0.480 e. The van der Waals surface area contributed by atoms with Crippen LogP contribution in [0.1, 0.15) is 51.4 Å². The van der Waals surface area contributed by atoms with Crippen molar-refractivity contribution in [3.63, 3.8) is 0 Å². The van der Waals surface area contributed by atoms with E-state index in [2.05, 4.69) is 5.32 Å². The van der Waals surface area contributed by atoms with Crippen LogP contribution in [0.5, 0.6) is 0 Å². The van der Waals surface area contributed by atoms with Gasteiger partial charge in [-0.25, -0.2) is 0 Å². The van der Waals surface area contributed by atoms with E-state index in [-0.39, 0.29) is 54.7 Å². The van der Waals surface area contributed by atoms with Gasteiger partial charge < -0.3 is 10.4 Å². The van der Waals surface area contributed by atoms with Crippen LogP contribution in [0.15, 0.2) is 0 Å². The SMILES string of the molecule is O=C(O)CN(CC1CC1)C1CC(NC(=O)CN2C(=O)C3CCCCC3C2=O)C1. The van der Waals surface area contributed by atoms with E-state index in [1.807, 2.05) is 4.90 Å². The summed E-state index contributed by atoms with van der Waals surface area (Å²) in [6, 6.07) is 0.169. The van der Waals surface area contributed by atoms with Crippen LogP contribution in [0, 0.1) is 17.8 Å². The maximum absolute atomic E-state index is 12.5. The van der Waals surface area contributed by atoms with Crippen molar-refractivity contribution in [3.05, 3.63) is 0 Å². The summed E-state index contributed by atoms with van der Waals surface area (Å²) in [5, 5.41) is 12.0. The van der Waals surface area contributed by atoms with Crippen molar-refractivity contribution >= 4 is 23.7 Å². The van der Waals surface area contributed by atoms with Gasteiger partial charge in [-0.2, -0.15) is 0 Å². The minimum Gasteiger partial charge on any atom is -0.480 e. The maximum Gasteiger partial charge on any atom is 0.317 e. The Balaban J connectivity index is 1.24. The summed E-state index contributed by atoms with van der Waals surface area (Å²) in [5.74, 6) is -1.33. The number of carbonyl (C=O) groups is 4. The van der Waals surface area contributed by atoms with Crippen molar-refractivity contribution < 1.29 is 24.3 Å². The molecule has 4 fully saturated rings. The van der Waals surface area contributed by atoms with Gasteiger partial charge in [0.15, 0.2) is 0 Å². The van der Waals surface area contributed by atoms with E-state index in [0.717, 1.165) is 50.0 Å². The van der Waals surface area contributed by atoms with Crippen LogP contribution in [-0.2, 0) is 19.2 Å². The molecule has 8 nitrogen and oxygen atoms in total. The average Bonchev–Trinajstić information content (AvgIpc) is 3.40. The minimum absolute atomic E-state index is 0.0110. The van der Waals surface area contributed by atoms with Gasteiger partial charge in [-0.05, 0) is 44.4 Å².